The van der Waals surface area contributed by atoms with Gasteiger partial charge in [0.25, 0.3) is 0 Å². The molecule has 1 nitrogen and oxygen atoms in total. The first-order valence-corrected chi connectivity index (χ1v) is 4.74. The van der Waals surface area contributed by atoms with Gasteiger partial charge in [0.2, 0.25) is 0 Å². The zero-order chi connectivity index (χ0) is 9.26. The molecule has 0 fully saturated rings. The molecule has 1 aliphatic rings. The fourth-order valence-electron chi connectivity index (χ4n) is 2.09. The summed E-state index contributed by atoms with van der Waals surface area (Å²) in [5, 5.41) is 3.40. The van der Waals surface area contributed by atoms with Crippen molar-refractivity contribution in [2.45, 2.75) is 19.4 Å². The third-order valence-electron chi connectivity index (χ3n) is 2.75. The average molecular weight is 173 g/mol. The lowest BCUT2D eigenvalue weighted by Crippen LogP contribution is -2.27. The van der Waals surface area contributed by atoms with Crippen LogP contribution < -0.4 is 5.32 Å². The highest BCUT2D eigenvalue weighted by Crippen LogP contribution is 2.27. The van der Waals surface area contributed by atoms with E-state index in [1.807, 2.05) is 6.08 Å². The quantitative estimate of drug-likeness (QED) is 0.643. The average Bonchev–Trinajstić information content (AvgIpc) is 2.17. The van der Waals surface area contributed by atoms with Crippen molar-refractivity contribution >= 4 is 0 Å². The molecular formula is C12H15N. The van der Waals surface area contributed by atoms with Gasteiger partial charge in [-0.1, -0.05) is 24.3 Å². The lowest BCUT2D eigenvalue weighted by atomic mass is 9.87. The van der Waals surface area contributed by atoms with Crippen LogP contribution in [-0.2, 0) is 6.54 Å². The van der Waals surface area contributed by atoms with Crippen LogP contribution in [-0.4, -0.2) is 6.54 Å². The second kappa shape index (κ2) is 3.35. The molecule has 0 aliphatic carbocycles. The van der Waals surface area contributed by atoms with Crippen LogP contribution in [0, 0.1) is 6.92 Å². The number of benzene rings is 1. The van der Waals surface area contributed by atoms with Crippen LogP contribution in [0.3, 0.4) is 0 Å². The predicted molar refractivity (Wildman–Crippen MR) is 55.8 cm³/mol. The molecule has 1 atom stereocenters. The molecule has 1 aliphatic heterocycles. The molecule has 13 heavy (non-hydrogen) atoms. The first-order valence-electron chi connectivity index (χ1n) is 4.74. The van der Waals surface area contributed by atoms with E-state index in [1.54, 1.807) is 0 Å². The molecule has 1 N–H and O–H groups in total. The maximum absolute atomic E-state index is 3.88. The van der Waals surface area contributed by atoms with Gasteiger partial charge in [0, 0.05) is 19.0 Å². The third kappa shape index (κ3) is 1.40. The summed E-state index contributed by atoms with van der Waals surface area (Å²) in [5.74, 6) is 0.491. The summed E-state index contributed by atoms with van der Waals surface area (Å²) >= 11 is 0. The predicted octanol–water partition coefficient (Wildman–Crippen LogP) is 2.37. The molecule has 0 saturated heterocycles. The Bertz CT molecular complexity index is 328. The molecule has 0 aromatic heterocycles. The molecular weight excluding hydrogens is 158 g/mol. The number of aryl methyl sites for hydroxylation is 1. The van der Waals surface area contributed by atoms with E-state index < -0.39 is 0 Å². The van der Waals surface area contributed by atoms with Crippen LogP contribution in [0.1, 0.15) is 22.6 Å². The Labute approximate surface area is 79.5 Å². The van der Waals surface area contributed by atoms with Gasteiger partial charge in [-0.15, -0.1) is 6.58 Å². The second-order valence-electron chi connectivity index (χ2n) is 3.62. The van der Waals surface area contributed by atoms with E-state index in [0.717, 1.165) is 13.1 Å². The summed E-state index contributed by atoms with van der Waals surface area (Å²) in [7, 11) is 0. The van der Waals surface area contributed by atoms with Crippen LogP contribution in [0.4, 0.5) is 0 Å². The van der Waals surface area contributed by atoms with Gasteiger partial charge >= 0.3 is 0 Å². The molecule has 1 aromatic carbocycles. The highest BCUT2D eigenvalue weighted by atomic mass is 14.9. The molecule has 0 spiro atoms. The van der Waals surface area contributed by atoms with Gasteiger partial charge in [0.15, 0.2) is 0 Å². The topological polar surface area (TPSA) is 12.0 Å². The number of fused-ring (bicyclic) bond motifs is 1. The number of rotatable bonds is 1. The van der Waals surface area contributed by atoms with Gasteiger partial charge in [0.05, 0.1) is 0 Å². The first kappa shape index (κ1) is 8.52. The van der Waals surface area contributed by atoms with E-state index in [1.165, 1.54) is 16.7 Å². The summed E-state index contributed by atoms with van der Waals surface area (Å²) in [6.07, 6.45) is 2.04. The lowest BCUT2D eigenvalue weighted by molar-refractivity contribution is 0.599. The maximum atomic E-state index is 3.88. The zero-order valence-electron chi connectivity index (χ0n) is 8.01. The zero-order valence-corrected chi connectivity index (χ0v) is 8.01. The van der Waals surface area contributed by atoms with Crippen LogP contribution in [0.2, 0.25) is 0 Å². The van der Waals surface area contributed by atoms with Gasteiger partial charge in [-0.25, -0.2) is 0 Å². The van der Waals surface area contributed by atoms with Crippen LogP contribution in [0.5, 0.6) is 0 Å². The maximum Gasteiger partial charge on any atom is 0.0208 e. The van der Waals surface area contributed by atoms with Crippen LogP contribution >= 0.6 is 0 Å². The Morgan fingerprint density at radius 2 is 2.38 bits per heavy atom. The monoisotopic (exact) mass is 173 g/mol. The van der Waals surface area contributed by atoms with Crippen molar-refractivity contribution in [1.82, 2.24) is 5.32 Å². The van der Waals surface area contributed by atoms with E-state index >= 15 is 0 Å². The van der Waals surface area contributed by atoms with Gasteiger partial charge in [0.1, 0.15) is 0 Å². The van der Waals surface area contributed by atoms with E-state index in [9.17, 15) is 0 Å². The number of hydrogen-bond acceptors (Lipinski definition) is 1. The number of hydrogen-bond donors (Lipinski definition) is 1. The Hall–Kier alpha value is -1.08. The molecule has 68 valence electrons. The van der Waals surface area contributed by atoms with Crippen LogP contribution in [0.25, 0.3) is 0 Å². The van der Waals surface area contributed by atoms with Crippen molar-refractivity contribution in [3.63, 3.8) is 0 Å². The van der Waals surface area contributed by atoms with E-state index in [-0.39, 0.29) is 0 Å². The smallest absolute Gasteiger partial charge is 0.0208 e. The molecule has 0 bridgehead atoms. The summed E-state index contributed by atoms with van der Waals surface area (Å²) in [5.41, 5.74) is 4.30. The van der Waals surface area contributed by atoms with Gasteiger partial charge < -0.3 is 5.32 Å². The summed E-state index contributed by atoms with van der Waals surface area (Å²) in [4.78, 5) is 0. The van der Waals surface area contributed by atoms with Crippen molar-refractivity contribution in [2.24, 2.45) is 0 Å². The number of nitrogens with one attached hydrogen (secondary N) is 1. The molecule has 1 aromatic rings. The van der Waals surface area contributed by atoms with Crippen molar-refractivity contribution in [3.05, 3.63) is 47.5 Å². The molecule has 1 heteroatoms. The largest absolute Gasteiger partial charge is 0.312 e. The highest BCUT2D eigenvalue weighted by molar-refractivity contribution is 5.41. The first-order chi connectivity index (χ1) is 6.33. The molecule has 1 heterocycles. The highest BCUT2D eigenvalue weighted by Gasteiger charge is 2.18. The third-order valence-corrected chi connectivity index (χ3v) is 2.75. The minimum atomic E-state index is 0.491. The van der Waals surface area contributed by atoms with Gasteiger partial charge in [-0.2, -0.15) is 0 Å². The van der Waals surface area contributed by atoms with Crippen LogP contribution in [0.15, 0.2) is 30.9 Å². The van der Waals surface area contributed by atoms with E-state index in [0.29, 0.717) is 5.92 Å². The molecule has 0 saturated carbocycles. The normalized spacial score (nSPS) is 20.8. The minimum Gasteiger partial charge on any atom is -0.312 e. The van der Waals surface area contributed by atoms with Gasteiger partial charge in [-0.05, 0) is 23.6 Å². The fourth-order valence-corrected chi connectivity index (χ4v) is 2.09. The summed E-state index contributed by atoms with van der Waals surface area (Å²) in [6, 6.07) is 6.51. The minimum absolute atomic E-state index is 0.491. The Balaban J connectivity index is 2.53. The van der Waals surface area contributed by atoms with Crippen molar-refractivity contribution < 1.29 is 0 Å². The van der Waals surface area contributed by atoms with Crippen molar-refractivity contribution in [2.75, 3.05) is 6.54 Å². The van der Waals surface area contributed by atoms with E-state index in [2.05, 4.69) is 37.0 Å². The lowest BCUT2D eigenvalue weighted by Gasteiger charge is -2.25. The summed E-state index contributed by atoms with van der Waals surface area (Å²) < 4.78 is 0. The molecule has 0 amide bonds. The molecule has 2 rings (SSSR count). The Morgan fingerprint density at radius 1 is 1.54 bits per heavy atom. The van der Waals surface area contributed by atoms with E-state index in [4.69, 9.17) is 0 Å². The standard InChI is InChI=1S/C12H15N/c1-3-10-7-13-8-11-6-4-5-9(2)12(10)11/h3-6,10,13H,1,7-8H2,2H3. The van der Waals surface area contributed by atoms with Crippen molar-refractivity contribution in [3.8, 4) is 0 Å². The van der Waals surface area contributed by atoms with Crippen molar-refractivity contribution in [1.29, 1.82) is 0 Å². The molecule has 1 unspecified atom stereocenters. The SMILES string of the molecule is C=CC1CNCc2cccc(C)c21. The Morgan fingerprint density at radius 3 is 3.15 bits per heavy atom. The van der Waals surface area contributed by atoms with Gasteiger partial charge in [-0.3, -0.25) is 0 Å². The summed E-state index contributed by atoms with van der Waals surface area (Å²) in [6.45, 7) is 8.10. The second-order valence-corrected chi connectivity index (χ2v) is 3.62. The Kier molecular flexibility index (Phi) is 2.19. The molecule has 0 radical (unpaired) electrons. The fraction of sp³-hybridized carbons (Fsp3) is 0.333.